The topological polar surface area (TPSA) is 26.0 Å². The van der Waals surface area contributed by atoms with E-state index in [-0.39, 0.29) is 23.0 Å². The fourth-order valence-corrected chi connectivity index (χ4v) is 0.729. The molecule has 0 aliphatic rings. The van der Waals surface area contributed by atoms with E-state index in [1.54, 1.807) is 0 Å². The first-order valence-corrected chi connectivity index (χ1v) is 3.00. The highest BCUT2D eigenvalue weighted by molar-refractivity contribution is 7.80. The Balaban J connectivity index is 0.000001000. The summed E-state index contributed by atoms with van der Waals surface area (Å²) < 4.78 is 24.7. The lowest BCUT2D eigenvalue weighted by Crippen LogP contribution is -1.94. The van der Waals surface area contributed by atoms with Crippen LogP contribution in [0, 0.1) is 11.6 Å². The van der Waals surface area contributed by atoms with Crippen LogP contribution >= 0.6 is 25.0 Å². The van der Waals surface area contributed by atoms with Gasteiger partial charge in [-0.1, -0.05) is 0 Å². The maximum atomic E-state index is 12.4. The summed E-state index contributed by atoms with van der Waals surface area (Å²) >= 11 is 3.78. The summed E-state index contributed by atoms with van der Waals surface area (Å²) in [5.41, 5.74) is 4.84. The highest BCUT2D eigenvalue weighted by Gasteiger charge is 2.06. The number of anilines is 1. The lowest BCUT2D eigenvalue weighted by atomic mass is 10.3. The predicted octanol–water partition coefficient (Wildman–Crippen LogP) is 2.26. The summed E-state index contributed by atoms with van der Waals surface area (Å²) in [7, 11) is 0. The van der Waals surface area contributed by atoms with Crippen LogP contribution in [0.25, 0.3) is 0 Å². The van der Waals surface area contributed by atoms with E-state index in [0.29, 0.717) is 0 Å². The number of thiol groups is 1. The van der Waals surface area contributed by atoms with Crippen molar-refractivity contribution in [1.29, 1.82) is 0 Å². The molecule has 0 bridgehead atoms. The largest absolute Gasteiger partial charge is 0.395 e. The van der Waals surface area contributed by atoms with Crippen LogP contribution in [0.15, 0.2) is 17.0 Å². The minimum Gasteiger partial charge on any atom is -0.395 e. The van der Waals surface area contributed by atoms with Gasteiger partial charge >= 0.3 is 0 Å². The van der Waals surface area contributed by atoms with Crippen LogP contribution in [-0.2, 0) is 0 Å². The van der Waals surface area contributed by atoms with Crippen LogP contribution < -0.4 is 5.73 Å². The number of nitrogen functional groups attached to an aromatic ring is 1. The molecule has 0 fully saturated rings. The van der Waals surface area contributed by atoms with Gasteiger partial charge in [0.1, 0.15) is 0 Å². The van der Waals surface area contributed by atoms with Crippen molar-refractivity contribution in [3.05, 3.63) is 23.8 Å². The van der Waals surface area contributed by atoms with Gasteiger partial charge in [0.2, 0.25) is 0 Å². The third-order valence-electron chi connectivity index (χ3n) is 1.11. The third-order valence-corrected chi connectivity index (χ3v) is 1.50. The Morgan fingerprint density at radius 3 is 2.27 bits per heavy atom. The Morgan fingerprint density at radius 2 is 1.82 bits per heavy atom. The molecule has 0 unspecified atom stereocenters. The van der Waals surface area contributed by atoms with E-state index in [9.17, 15) is 8.78 Å². The minimum absolute atomic E-state index is 0. The van der Waals surface area contributed by atoms with Gasteiger partial charge in [-0.05, 0) is 12.1 Å². The summed E-state index contributed by atoms with van der Waals surface area (Å²) in [6, 6.07) is 2.28. The monoisotopic (exact) mass is 197 g/mol. The second-order valence-electron chi connectivity index (χ2n) is 1.79. The maximum absolute atomic E-state index is 12.4. The molecule has 1 rings (SSSR count). The standard InChI is InChI=1S/C6H5F2NS.ClH/c7-3-1-2-4(10)6(9)5(3)8;/h1-2,10H,9H2;1H. The Kier molecular flexibility index (Phi) is 3.62. The van der Waals surface area contributed by atoms with E-state index in [1.807, 2.05) is 0 Å². The second-order valence-corrected chi connectivity index (χ2v) is 2.28. The van der Waals surface area contributed by atoms with Gasteiger partial charge in [-0.25, -0.2) is 8.78 Å². The van der Waals surface area contributed by atoms with Crippen molar-refractivity contribution in [1.82, 2.24) is 0 Å². The van der Waals surface area contributed by atoms with Crippen LogP contribution in [0.2, 0.25) is 0 Å². The van der Waals surface area contributed by atoms with Gasteiger partial charge < -0.3 is 5.73 Å². The summed E-state index contributed by atoms with van der Waals surface area (Å²) in [5, 5.41) is 0. The molecule has 0 saturated carbocycles. The van der Waals surface area contributed by atoms with Gasteiger partial charge in [0, 0.05) is 4.90 Å². The van der Waals surface area contributed by atoms with E-state index >= 15 is 0 Å². The highest BCUT2D eigenvalue weighted by atomic mass is 35.5. The van der Waals surface area contributed by atoms with Gasteiger partial charge in [-0.15, -0.1) is 25.0 Å². The summed E-state index contributed by atoms with van der Waals surface area (Å²) in [6.07, 6.45) is 0. The van der Waals surface area contributed by atoms with Gasteiger partial charge in [-0.3, -0.25) is 0 Å². The van der Waals surface area contributed by atoms with Crippen molar-refractivity contribution in [2.24, 2.45) is 0 Å². The fraction of sp³-hybridized carbons (Fsp3) is 0. The van der Waals surface area contributed by atoms with E-state index in [1.165, 1.54) is 6.07 Å². The quantitative estimate of drug-likeness (QED) is 0.484. The Labute approximate surface area is 74.4 Å². The molecule has 11 heavy (non-hydrogen) atoms. The molecule has 0 radical (unpaired) electrons. The van der Waals surface area contributed by atoms with Crippen molar-refractivity contribution in [2.75, 3.05) is 5.73 Å². The SMILES string of the molecule is Cl.Nc1c(S)ccc(F)c1F. The van der Waals surface area contributed by atoms with Crippen LogP contribution in [0.5, 0.6) is 0 Å². The van der Waals surface area contributed by atoms with E-state index in [0.717, 1.165) is 6.07 Å². The van der Waals surface area contributed by atoms with Crippen molar-refractivity contribution < 1.29 is 8.78 Å². The molecule has 0 atom stereocenters. The van der Waals surface area contributed by atoms with Crippen LogP contribution in [-0.4, -0.2) is 0 Å². The van der Waals surface area contributed by atoms with Gasteiger partial charge in [0.25, 0.3) is 0 Å². The first kappa shape index (κ1) is 10.5. The molecule has 62 valence electrons. The smallest absolute Gasteiger partial charge is 0.182 e. The number of hydrogen-bond acceptors (Lipinski definition) is 2. The summed E-state index contributed by atoms with van der Waals surface area (Å²) in [5.74, 6) is -1.98. The Hall–Kier alpha value is -0.480. The van der Waals surface area contributed by atoms with Crippen LogP contribution in [0.3, 0.4) is 0 Å². The normalized spacial score (nSPS) is 9.00. The summed E-state index contributed by atoms with van der Waals surface area (Å²) in [6.45, 7) is 0. The van der Waals surface area contributed by atoms with Crippen molar-refractivity contribution >= 4 is 30.7 Å². The average Bonchev–Trinajstić information content (AvgIpc) is 1.93. The van der Waals surface area contributed by atoms with E-state index in [4.69, 9.17) is 5.73 Å². The molecule has 0 aliphatic carbocycles. The van der Waals surface area contributed by atoms with E-state index < -0.39 is 11.6 Å². The van der Waals surface area contributed by atoms with Gasteiger partial charge in [-0.2, -0.15) is 0 Å². The molecule has 0 saturated heterocycles. The first-order valence-electron chi connectivity index (χ1n) is 2.55. The molecule has 0 aromatic heterocycles. The van der Waals surface area contributed by atoms with Gasteiger partial charge in [0.15, 0.2) is 11.6 Å². The number of hydrogen-bond donors (Lipinski definition) is 2. The minimum atomic E-state index is -1.03. The first-order chi connectivity index (χ1) is 4.63. The Morgan fingerprint density at radius 1 is 1.27 bits per heavy atom. The molecule has 0 heterocycles. The summed E-state index contributed by atoms with van der Waals surface area (Å²) in [4.78, 5) is 0.249. The molecule has 0 aliphatic heterocycles. The van der Waals surface area contributed by atoms with Crippen molar-refractivity contribution in [2.45, 2.75) is 4.90 Å². The van der Waals surface area contributed by atoms with Crippen molar-refractivity contribution in [3.63, 3.8) is 0 Å². The maximum Gasteiger partial charge on any atom is 0.182 e. The fourth-order valence-electron chi connectivity index (χ4n) is 0.556. The van der Waals surface area contributed by atoms with Crippen molar-refractivity contribution in [3.8, 4) is 0 Å². The molecule has 0 amide bonds. The highest BCUT2D eigenvalue weighted by Crippen LogP contribution is 2.21. The molecule has 2 N–H and O–H groups in total. The average molecular weight is 198 g/mol. The molecule has 1 nitrogen and oxygen atoms in total. The molecule has 0 spiro atoms. The zero-order valence-electron chi connectivity index (χ0n) is 5.34. The van der Waals surface area contributed by atoms with Gasteiger partial charge in [0.05, 0.1) is 5.69 Å². The second kappa shape index (κ2) is 3.78. The zero-order chi connectivity index (χ0) is 7.72. The van der Waals surface area contributed by atoms with E-state index in [2.05, 4.69) is 12.6 Å². The Bertz CT molecular complexity index is 240. The van der Waals surface area contributed by atoms with Crippen LogP contribution in [0.4, 0.5) is 14.5 Å². The molecule has 1 aromatic carbocycles. The number of rotatable bonds is 0. The molecular weight excluding hydrogens is 192 g/mol. The number of nitrogens with two attached hydrogens (primary N) is 1. The predicted molar refractivity (Wildman–Crippen MR) is 45.3 cm³/mol. The molecule has 5 heteroatoms. The third kappa shape index (κ3) is 1.97. The molecular formula is C6H6ClF2NS. The lowest BCUT2D eigenvalue weighted by Gasteiger charge is -1.99. The zero-order valence-corrected chi connectivity index (χ0v) is 7.05. The number of benzene rings is 1. The lowest BCUT2D eigenvalue weighted by molar-refractivity contribution is 0.510. The van der Waals surface area contributed by atoms with Crippen LogP contribution in [0.1, 0.15) is 0 Å². The molecule has 1 aromatic rings. The number of halogens is 3.